The molecular weight excluding hydrogens is 406 g/mol. The molecule has 0 aromatic carbocycles. The number of aliphatic hydroxyl groups excluding tert-OH is 1. The molecule has 4 fully saturated rings. The Morgan fingerprint density at radius 1 is 1.29 bits per heavy atom. The first-order chi connectivity index (χ1) is 14.9. The molecule has 2 N–H and O–H groups in total. The largest absolute Gasteiger partial charge is 0.481 e. The van der Waals surface area contributed by atoms with E-state index in [-0.39, 0.29) is 19.1 Å². The molecule has 5 atom stereocenters. The molecule has 2 unspecified atom stereocenters. The Morgan fingerprint density at radius 3 is 2.68 bits per heavy atom. The molecule has 4 aliphatic rings. The molecule has 0 aromatic heterocycles. The minimum atomic E-state index is -1.14. The van der Waals surface area contributed by atoms with E-state index in [1.54, 1.807) is 11.0 Å². The summed E-state index contributed by atoms with van der Waals surface area (Å²) in [5, 5.41) is 19.3. The second-order valence-electron chi connectivity index (χ2n) is 8.68. The molecule has 4 rings (SSSR count). The van der Waals surface area contributed by atoms with Crippen LogP contribution >= 0.6 is 0 Å². The molecule has 172 valence electrons. The first-order valence-corrected chi connectivity index (χ1v) is 11.0. The molecule has 0 aliphatic carbocycles. The molecule has 10 heteroatoms. The van der Waals surface area contributed by atoms with Crippen molar-refractivity contribution in [1.29, 1.82) is 0 Å². The van der Waals surface area contributed by atoms with Crippen LogP contribution in [0.1, 0.15) is 12.8 Å². The fraction of sp³-hybridized carbons (Fsp3) is 0.762. The van der Waals surface area contributed by atoms with Crippen LogP contribution in [0.4, 0.5) is 0 Å². The van der Waals surface area contributed by atoms with Gasteiger partial charge in [0.2, 0.25) is 11.8 Å². The number of carbonyl (C=O) groups excluding carboxylic acids is 2. The number of hydrogen-bond acceptors (Lipinski definition) is 7. The van der Waals surface area contributed by atoms with E-state index in [2.05, 4.69) is 11.5 Å². The van der Waals surface area contributed by atoms with Crippen LogP contribution in [-0.2, 0) is 23.9 Å². The number of carboxylic acids is 1. The van der Waals surface area contributed by atoms with Crippen LogP contribution in [0.2, 0.25) is 0 Å². The minimum absolute atomic E-state index is 0.0285. The summed E-state index contributed by atoms with van der Waals surface area (Å²) in [7, 11) is 0. The lowest BCUT2D eigenvalue weighted by atomic mass is 9.70. The molecule has 0 radical (unpaired) electrons. The smallest absolute Gasteiger partial charge is 0.310 e. The Kier molecular flexibility index (Phi) is 6.34. The van der Waals surface area contributed by atoms with Crippen molar-refractivity contribution in [3.63, 3.8) is 0 Å². The van der Waals surface area contributed by atoms with E-state index in [0.717, 1.165) is 13.1 Å². The summed E-state index contributed by atoms with van der Waals surface area (Å²) in [6, 6.07) is -0.934. The van der Waals surface area contributed by atoms with E-state index in [4.69, 9.17) is 9.47 Å². The van der Waals surface area contributed by atoms with Crippen LogP contribution < -0.4 is 0 Å². The van der Waals surface area contributed by atoms with Gasteiger partial charge < -0.3 is 29.5 Å². The van der Waals surface area contributed by atoms with Crippen LogP contribution in [0.5, 0.6) is 0 Å². The van der Waals surface area contributed by atoms with Gasteiger partial charge in [0, 0.05) is 39.3 Å². The second kappa shape index (κ2) is 8.85. The minimum Gasteiger partial charge on any atom is -0.481 e. The first kappa shape index (κ1) is 22.2. The van der Waals surface area contributed by atoms with Crippen molar-refractivity contribution >= 4 is 17.8 Å². The zero-order chi connectivity index (χ0) is 22.2. The van der Waals surface area contributed by atoms with Gasteiger partial charge in [0.05, 0.1) is 37.8 Å². The molecule has 4 saturated heterocycles. The summed E-state index contributed by atoms with van der Waals surface area (Å²) in [5.74, 6) is -3.61. The fourth-order valence-corrected chi connectivity index (χ4v) is 5.77. The number of carbonyl (C=O) groups is 3. The summed E-state index contributed by atoms with van der Waals surface area (Å²) in [5.41, 5.74) is -1.14. The Hall–Kier alpha value is -2.01. The average molecular weight is 437 g/mol. The van der Waals surface area contributed by atoms with E-state index in [9.17, 15) is 24.6 Å². The van der Waals surface area contributed by atoms with Gasteiger partial charge in [0.25, 0.3) is 0 Å². The quantitative estimate of drug-likeness (QED) is 0.431. The van der Waals surface area contributed by atoms with Crippen LogP contribution in [0.15, 0.2) is 12.7 Å². The van der Waals surface area contributed by atoms with E-state index in [1.807, 2.05) is 0 Å². The topological polar surface area (TPSA) is 120 Å². The third-order valence-electron chi connectivity index (χ3n) is 7.11. The number of fused-ring (bicyclic) bond motifs is 1. The van der Waals surface area contributed by atoms with Crippen LogP contribution in [0.25, 0.3) is 0 Å². The van der Waals surface area contributed by atoms with E-state index < -0.39 is 41.5 Å². The highest BCUT2D eigenvalue weighted by Crippen LogP contribution is 2.58. The van der Waals surface area contributed by atoms with Crippen molar-refractivity contribution in [2.75, 3.05) is 59.1 Å². The lowest BCUT2D eigenvalue weighted by molar-refractivity contribution is -0.151. The van der Waals surface area contributed by atoms with Gasteiger partial charge in [-0.1, -0.05) is 6.08 Å². The standard InChI is InChI=1S/C21H31N3O7/c1-2-5-23(7-6-22-9-12-30-13-10-22)19(27)17-21-4-3-14(31-21)15(20(28)29)16(21)18(26)24(17)8-11-25/h2,14-17,25H,1,3-13H2,(H,28,29)/t14-,15+,16-,17?,21?/m0/s1. The predicted molar refractivity (Wildman–Crippen MR) is 108 cm³/mol. The van der Waals surface area contributed by atoms with Gasteiger partial charge in [-0.3, -0.25) is 19.3 Å². The van der Waals surface area contributed by atoms with Gasteiger partial charge >= 0.3 is 5.97 Å². The molecule has 0 aromatic rings. The van der Waals surface area contributed by atoms with Crippen molar-refractivity contribution in [1.82, 2.24) is 14.7 Å². The summed E-state index contributed by atoms with van der Waals surface area (Å²) in [6.45, 7) is 7.77. The van der Waals surface area contributed by atoms with E-state index in [0.29, 0.717) is 45.7 Å². The van der Waals surface area contributed by atoms with Gasteiger partial charge in [0.1, 0.15) is 11.6 Å². The Morgan fingerprint density at radius 2 is 2.03 bits per heavy atom. The lowest BCUT2D eigenvalue weighted by Crippen LogP contribution is -2.57. The highest BCUT2D eigenvalue weighted by atomic mass is 16.5. The Bertz CT molecular complexity index is 740. The molecule has 2 amide bonds. The van der Waals surface area contributed by atoms with Crippen LogP contribution in [0.3, 0.4) is 0 Å². The van der Waals surface area contributed by atoms with E-state index in [1.165, 1.54) is 4.90 Å². The average Bonchev–Trinajstić information content (AvgIpc) is 3.39. The number of ether oxygens (including phenoxy) is 2. The molecule has 0 saturated carbocycles. The van der Waals surface area contributed by atoms with Crippen molar-refractivity contribution in [3.05, 3.63) is 12.7 Å². The summed E-state index contributed by atoms with van der Waals surface area (Å²) >= 11 is 0. The van der Waals surface area contributed by atoms with Crippen molar-refractivity contribution in [3.8, 4) is 0 Å². The number of β-amino-alcohol motifs (C(OH)–C–C–N with tert-alkyl or cyclic N) is 1. The SMILES string of the molecule is C=CCN(CCN1CCOCC1)C(=O)C1N(CCO)C(=O)[C@@H]2[C@H](C(=O)O)[C@@H]3CCC12O3. The molecule has 10 nitrogen and oxygen atoms in total. The third-order valence-corrected chi connectivity index (χ3v) is 7.11. The van der Waals surface area contributed by atoms with Crippen molar-refractivity contribution < 1.29 is 34.1 Å². The van der Waals surface area contributed by atoms with Crippen molar-refractivity contribution in [2.24, 2.45) is 11.8 Å². The zero-order valence-electron chi connectivity index (χ0n) is 17.6. The van der Waals surface area contributed by atoms with Crippen LogP contribution in [0, 0.1) is 11.8 Å². The number of likely N-dealkylation sites (tertiary alicyclic amines) is 1. The molecule has 4 heterocycles. The maximum absolute atomic E-state index is 13.8. The van der Waals surface area contributed by atoms with Gasteiger partial charge in [-0.15, -0.1) is 6.58 Å². The molecule has 1 spiro atoms. The predicted octanol–water partition coefficient (Wildman–Crippen LogP) is -1.22. The summed E-state index contributed by atoms with van der Waals surface area (Å²) < 4.78 is 11.5. The number of aliphatic carboxylic acids is 1. The van der Waals surface area contributed by atoms with Gasteiger partial charge in [0.15, 0.2) is 0 Å². The second-order valence-corrected chi connectivity index (χ2v) is 8.68. The number of carboxylic acid groups (broad SMARTS) is 1. The Labute approximate surface area is 181 Å². The number of nitrogens with zero attached hydrogens (tertiary/aromatic N) is 3. The lowest BCUT2D eigenvalue weighted by Gasteiger charge is -2.37. The Balaban J connectivity index is 1.59. The van der Waals surface area contributed by atoms with Gasteiger partial charge in [-0.2, -0.15) is 0 Å². The highest BCUT2D eigenvalue weighted by molar-refractivity contribution is 5.98. The number of amides is 2. The molecule has 31 heavy (non-hydrogen) atoms. The monoisotopic (exact) mass is 437 g/mol. The van der Waals surface area contributed by atoms with Crippen LogP contribution in [-0.4, -0.2) is 120 Å². The maximum Gasteiger partial charge on any atom is 0.310 e. The number of rotatable bonds is 9. The van der Waals surface area contributed by atoms with Crippen molar-refractivity contribution in [2.45, 2.75) is 30.6 Å². The molecule has 4 aliphatic heterocycles. The first-order valence-electron chi connectivity index (χ1n) is 11.0. The van der Waals surface area contributed by atoms with Gasteiger partial charge in [-0.05, 0) is 12.8 Å². The van der Waals surface area contributed by atoms with E-state index >= 15 is 0 Å². The molecule has 2 bridgehead atoms. The summed E-state index contributed by atoms with van der Waals surface area (Å²) in [4.78, 5) is 44.1. The number of hydrogen-bond donors (Lipinski definition) is 2. The third kappa shape index (κ3) is 3.65. The summed E-state index contributed by atoms with van der Waals surface area (Å²) in [6.07, 6.45) is 2.06. The molecular formula is C21H31N3O7. The number of morpholine rings is 1. The number of aliphatic hydroxyl groups is 1. The normalized spacial score (nSPS) is 34.7. The highest BCUT2D eigenvalue weighted by Gasteiger charge is 2.74. The zero-order valence-corrected chi connectivity index (χ0v) is 17.6. The van der Waals surface area contributed by atoms with Gasteiger partial charge in [-0.25, -0.2) is 0 Å². The fourth-order valence-electron chi connectivity index (χ4n) is 5.77. The maximum atomic E-state index is 13.8.